The third-order valence-electron chi connectivity index (χ3n) is 5.28. The van der Waals surface area contributed by atoms with Gasteiger partial charge in [-0.05, 0) is 37.5 Å². The molecule has 142 valence electrons. The second-order valence-electron chi connectivity index (χ2n) is 7.02. The Morgan fingerprint density at radius 1 is 1.15 bits per heavy atom. The van der Waals surface area contributed by atoms with Crippen LogP contribution in [0.2, 0.25) is 5.02 Å². The molecule has 8 heteroatoms. The summed E-state index contributed by atoms with van der Waals surface area (Å²) in [5, 5.41) is 0.400. The molecule has 6 nitrogen and oxygen atoms in total. The molecule has 3 aromatic rings. The molecular formula is C19H21ClN4O2S. The number of aromatic nitrogens is 3. The van der Waals surface area contributed by atoms with E-state index in [9.17, 15) is 8.42 Å². The summed E-state index contributed by atoms with van der Waals surface area (Å²) >= 11 is 6.16. The number of nitrogens with zero attached hydrogens (tertiary/aromatic N) is 3. The highest BCUT2D eigenvalue weighted by molar-refractivity contribution is 7.92. The standard InChI is InChI=1S/C19H21ClN4O2S/c1-12-7-8-14(11-15(12)20)27(25,26)17-16-19(23-10-9-22-16)24(18(17)21)13-5-3-2-4-6-13/h7-11,13H,2-6,21H2,1H3. The predicted molar refractivity (Wildman–Crippen MR) is 106 cm³/mol. The van der Waals surface area contributed by atoms with Gasteiger partial charge in [-0.25, -0.2) is 18.4 Å². The highest BCUT2D eigenvalue weighted by atomic mass is 35.5. The van der Waals surface area contributed by atoms with Crippen molar-refractivity contribution in [2.45, 2.75) is 54.9 Å². The van der Waals surface area contributed by atoms with Crippen molar-refractivity contribution in [1.29, 1.82) is 0 Å². The lowest BCUT2D eigenvalue weighted by molar-refractivity contribution is 0.362. The van der Waals surface area contributed by atoms with Gasteiger partial charge in [0, 0.05) is 23.5 Å². The zero-order valence-corrected chi connectivity index (χ0v) is 16.6. The Hall–Kier alpha value is -2.12. The normalized spacial score (nSPS) is 16.1. The van der Waals surface area contributed by atoms with Gasteiger partial charge in [-0.2, -0.15) is 0 Å². The fraction of sp³-hybridized carbons (Fsp3) is 0.368. The lowest BCUT2D eigenvalue weighted by Crippen LogP contribution is -2.16. The van der Waals surface area contributed by atoms with Crippen LogP contribution in [0, 0.1) is 6.92 Å². The molecule has 0 radical (unpaired) electrons. The van der Waals surface area contributed by atoms with Crippen LogP contribution in [0.4, 0.5) is 5.82 Å². The predicted octanol–water partition coefficient (Wildman–Crippen LogP) is 4.31. The van der Waals surface area contributed by atoms with E-state index < -0.39 is 9.84 Å². The summed E-state index contributed by atoms with van der Waals surface area (Å²) in [7, 11) is -3.89. The molecule has 27 heavy (non-hydrogen) atoms. The van der Waals surface area contributed by atoms with Gasteiger partial charge in [0.05, 0.1) is 4.90 Å². The van der Waals surface area contributed by atoms with E-state index >= 15 is 0 Å². The minimum atomic E-state index is -3.89. The van der Waals surface area contributed by atoms with Crippen LogP contribution >= 0.6 is 11.6 Å². The first-order chi connectivity index (χ1) is 12.9. The van der Waals surface area contributed by atoms with E-state index in [2.05, 4.69) is 9.97 Å². The summed E-state index contributed by atoms with van der Waals surface area (Å²) in [5.41, 5.74) is 8.07. The Kier molecular flexibility index (Phi) is 4.60. The number of sulfone groups is 1. The summed E-state index contributed by atoms with van der Waals surface area (Å²) in [4.78, 5) is 8.85. The molecule has 2 heterocycles. The number of nitrogens with two attached hydrogens (primary N) is 1. The zero-order chi connectivity index (χ0) is 19.2. The maximum atomic E-state index is 13.4. The molecule has 2 N–H and O–H groups in total. The number of fused-ring (bicyclic) bond motifs is 1. The van der Waals surface area contributed by atoms with E-state index in [1.54, 1.807) is 18.3 Å². The van der Waals surface area contributed by atoms with Crippen LogP contribution in [0.25, 0.3) is 11.2 Å². The van der Waals surface area contributed by atoms with Gasteiger partial charge in [0.25, 0.3) is 0 Å². The first kappa shape index (κ1) is 18.3. The topological polar surface area (TPSA) is 90.9 Å². The Morgan fingerprint density at radius 3 is 2.56 bits per heavy atom. The summed E-state index contributed by atoms with van der Waals surface area (Å²) in [6.45, 7) is 1.83. The van der Waals surface area contributed by atoms with Gasteiger partial charge in [0.1, 0.15) is 16.2 Å². The van der Waals surface area contributed by atoms with Crippen LogP contribution in [0.1, 0.15) is 43.7 Å². The fourth-order valence-electron chi connectivity index (χ4n) is 3.84. The number of anilines is 1. The molecule has 0 bridgehead atoms. The number of rotatable bonds is 3. The highest BCUT2D eigenvalue weighted by Gasteiger charge is 2.32. The minimum Gasteiger partial charge on any atom is -0.384 e. The van der Waals surface area contributed by atoms with Gasteiger partial charge in [-0.15, -0.1) is 0 Å². The quantitative estimate of drug-likeness (QED) is 0.702. The number of benzene rings is 1. The van der Waals surface area contributed by atoms with E-state index in [4.69, 9.17) is 17.3 Å². The van der Waals surface area contributed by atoms with Gasteiger partial charge in [0.2, 0.25) is 9.84 Å². The number of nitrogen functional groups attached to an aromatic ring is 1. The molecule has 0 unspecified atom stereocenters. The SMILES string of the molecule is Cc1ccc(S(=O)(=O)c2c(N)n(C3CCCCC3)c3nccnc23)cc1Cl. The molecule has 4 rings (SSSR count). The van der Waals surface area contributed by atoms with E-state index in [0.717, 1.165) is 31.2 Å². The Morgan fingerprint density at radius 2 is 1.85 bits per heavy atom. The van der Waals surface area contributed by atoms with Crippen molar-refractivity contribution in [2.75, 3.05) is 5.73 Å². The van der Waals surface area contributed by atoms with Gasteiger partial charge < -0.3 is 10.3 Å². The van der Waals surface area contributed by atoms with Gasteiger partial charge in [0.15, 0.2) is 5.65 Å². The largest absolute Gasteiger partial charge is 0.384 e. The lowest BCUT2D eigenvalue weighted by atomic mass is 9.95. The molecule has 0 aliphatic heterocycles. The maximum absolute atomic E-state index is 13.4. The van der Waals surface area contributed by atoms with Crippen LogP contribution in [-0.2, 0) is 9.84 Å². The third-order valence-corrected chi connectivity index (χ3v) is 7.50. The van der Waals surface area contributed by atoms with E-state index in [1.807, 2.05) is 11.5 Å². The van der Waals surface area contributed by atoms with Crippen molar-refractivity contribution < 1.29 is 8.42 Å². The number of aryl methyl sites for hydroxylation is 1. The number of hydrogen-bond acceptors (Lipinski definition) is 5. The fourth-order valence-corrected chi connectivity index (χ4v) is 5.62. The lowest BCUT2D eigenvalue weighted by Gasteiger charge is -2.24. The van der Waals surface area contributed by atoms with Gasteiger partial charge >= 0.3 is 0 Å². The molecule has 1 fully saturated rings. The van der Waals surface area contributed by atoms with Crippen molar-refractivity contribution in [3.05, 3.63) is 41.2 Å². The van der Waals surface area contributed by atoms with Crippen molar-refractivity contribution in [3.63, 3.8) is 0 Å². The average Bonchev–Trinajstić information content (AvgIpc) is 2.97. The molecule has 2 aromatic heterocycles. The second kappa shape index (κ2) is 6.80. The summed E-state index contributed by atoms with van der Waals surface area (Å²) in [5.74, 6) is 0.208. The summed E-state index contributed by atoms with van der Waals surface area (Å²) in [6.07, 6.45) is 8.36. The molecule has 1 aromatic carbocycles. The zero-order valence-electron chi connectivity index (χ0n) is 15.0. The molecule has 0 atom stereocenters. The van der Waals surface area contributed by atoms with Gasteiger partial charge in [-0.3, -0.25) is 0 Å². The summed E-state index contributed by atoms with van der Waals surface area (Å²) < 4.78 is 28.7. The van der Waals surface area contributed by atoms with Crippen molar-refractivity contribution in [1.82, 2.24) is 14.5 Å². The molecule has 0 amide bonds. The van der Waals surface area contributed by atoms with Crippen LogP contribution in [0.3, 0.4) is 0 Å². The molecule has 0 spiro atoms. The average molecular weight is 405 g/mol. The Balaban J connectivity index is 1.96. The first-order valence-electron chi connectivity index (χ1n) is 9.03. The number of halogens is 1. The number of hydrogen-bond donors (Lipinski definition) is 1. The Bertz CT molecular complexity index is 1120. The van der Waals surface area contributed by atoms with E-state index in [0.29, 0.717) is 16.2 Å². The van der Waals surface area contributed by atoms with Crippen LogP contribution < -0.4 is 5.73 Å². The maximum Gasteiger partial charge on any atom is 0.212 e. The second-order valence-corrected chi connectivity index (χ2v) is 9.31. The molecule has 1 aliphatic carbocycles. The monoisotopic (exact) mass is 404 g/mol. The van der Waals surface area contributed by atoms with E-state index in [-0.39, 0.29) is 21.7 Å². The summed E-state index contributed by atoms with van der Waals surface area (Å²) in [6, 6.07) is 4.85. The molecular weight excluding hydrogens is 384 g/mol. The first-order valence-corrected chi connectivity index (χ1v) is 10.9. The van der Waals surface area contributed by atoms with Crippen LogP contribution in [0.15, 0.2) is 40.4 Å². The van der Waals surface area contributed by atoms with Crippen molar-refractivity contribution in [2.24, 2.45) is 0 Å². The minimum absolute atomic E-state index is 0.0242. The van der Waals surface area contributed by atoms with Crippen LogP contribution in [-0.4, -0.2) is 23.0 Å². The molecule has 1 aliphatic rings. The molecule has 0 saturated heterocycles. The Labute approximate surface area is 163 Å². The van der Waals surface area contributed by atoms with E-state index in [1.165, 1.54) is 18.7 Å². The van der Waals surface area contributed by atoms with Crippen molar-refractivity contribution >= 4 is 38.4 Å². The molecule has 1 saturated carbocycles. The third kappa shape index (κ3) is 2.99. The van der Waals surface area contributed by atoms with Gasteiger partial charge in [-0.1, -0.05) is 36.9 Å². The smallest absolute Gasteiger partial charge is 0.212 e. The van der Waals surface area contributed by atoms with Crippen molar-refractivity contribution in [3.8, 4) is 0 Å². The van der Waals surface area contributed by atoms with Crippen LogP contribution in [0.5, 0.6) is 0 Å². The highest BCUT2D eigenvalue weighted by Crippen LogP contribution is 2.40.